The highest BCUT2D eigenvalue weighted by Crippen LogP contribution is 2.25. The number of nitrogens with zero attached hydrogens (tertiary/aromatic N) is 1. The molecule has 0 saturated carbocycles. The van der Waals surface area contributed by atoms with Gasteiger partial charge < -0.3 is 10.6 Å². The molecule has 1 amide bonds. The predicted octanol–water partition coefficient (Wildman–Crippen LogP) is 4.15. The molecule has 2 rings (SSSR count). The van der Waals surface area contributed by atoms with Crippen LogP contribution in [0.3, 0.4) is 0 Å². The number of carbonyl (C=O) groups is 1. The van der Waals surface area contributed by atoms with Crippen LogP contribution in [0.2, 0.25) is 0 Å². The first kappa shape index (κ1) is 15.5. The van der Waals surface area contributed by atoms with E-state index in [1.165, 1.54) is 0 Å². The molecule has 110 valence electrons. The highest BCUT2D eigenvalue weighted by molar-refractivity contribution is 9.10. The number of aromatic nitrogens is 1. The SMILES string of the molecule is CCNc1cc(C(=O)Nc2cc(C)c(Br)c(C)c2)ccn1. The molecule has 0 radical (unpaired) electrons. The van der Waals surface area contributed by atoms with E-state index in [0.717, 1.165) is 27.8 Å². The predicted molar refractivity (Wildman–Crippen MR) is 90.0 cm³/mol. The van der Waals surface area contributed by atoms with Crippen molar-refractivity contribution in [2.75, 3.05) is 17.2 Å². The largest absolute Gasteiger partial charge is 0.370 e. The Labute approximate surface area is 133 Å². The lowest BCUT2D eigenvalue weighted by Crippen LogP contribution is -2.13. The van der Waals surface area contributed by atoms with E-state index < -0.39 is 0 Å². The van der Waals surface area contributed by atoms with Gasteiger partial charge in [-0.15, -0.1) is 0 Å². The van der Waals surface area contributed by atoms with Crippen molar-refractivity contribution >= 4 is 33.3 Å². The van der Waals surface area contributed by atoms with Crippen LogP contribution in [-0.2, 0) is 0 Å². The number of nitrogens with one attached hydrogen (secondary N) is 2. The van der Waals surface area contributed by atoms with Crippen molar-refractivity contribution in [3.63, 3.8) is 0 Å². The van der Waals surface area contributed by atoms with E-state index in [-0.39, 0.29) is 5.91 Å². The average molecular weight is 348 g/mol. The van der Waals surface area contributed by atoms with Crippen LogP contribution in [0.1, 0.15) is 28.4 Å². The van der Waals surface area contributed by atoms with Gasteiger partial charge in [-0.1, -0.05) is 15.9 Å². The van der Waals surface area contributed by atoms with E-state index in [1.807, 2.05) is 32.9 Å². The average Bonchev–Trinajstić information content (AvgIpc) is 2.45. The maximum absolute atomic E-state index is 12.3. The minimum absolute atomic E-state index is 0.141. The minimum Gasteiger partial charge on any atom is -0.370 e. The Bertz CT molecular complexity index is 647. The lowest BCUT2D eigenvalue weighted by Gasteiger charge is -2.10. The van der Waals surface area contributed by atoms with E-state index in [9.17, 15) is 4.79 Å². The van der Waals surface area contributed by atoms with Crippen LogP contribution in [-0.4, -0.2) is 17.4 Å². The topological polar surface area (TPSA) is 54.0 Å². The molecule has 0 saturated heterocycles. The Hall–Kier alpha value is -1.88. The lowest BCUT2D eigenvalue weighted by molar-refractivity contribution is 0.102. The van der Waals surface area contributed by atoms with Crippen molar-refractivity contribution in [2.24, 2.45) is 0 Å². The summed E-state index contributed by atoms with van der Waals surface area (Å²) in [7, 11) is 0. The zero-order chi connectivity index (χ0) is 15.4. The number of hydrogen-bond acceptors (Lipinski definition) is 3. The van der Waals surface area contributed by atoms with Crippen molar-refractivity contribution in [2.45, 2.75) is 20.8 Å². The fourth-order valence-electron chi connectivity index (χ4n) is 2.07. The number of pyridine rings is 1. The van der Waals surface area contributed by atoms with Crippen molar-refractivity contribution < 1.29 is 4.79 Å². The summed E-state index contributed by atoms with van der Waals surface area (Å²) in [5, 5.41) is 6.02. The van der Waals surface area contributed by atoms with Crippen LogP contribution in [0, 0.1) is 13.8 Å². The van der Waals surface area contributed by atoms with Gasteiger partial charge >= 0.3 is 0 Å². The van der Waals surface area contributed by atoms with Gasteiger partial charge in [0.1, 0.15) is 5.82 Å². The second-order valence-electron chi connectivity index (χ2n) is 4.84. The highest BCUT2D eigenvalue weighted by Gasteiger charge is 2.09. The fourth-order valence-corrected chi connectivity index (χ4v) is 2.30. The number of hydrogen-bond donors (Lipinski definition) is 2. The molecule has 0 spiro atoms. The molecular formula is C16H18BrN3O. The molecule has 2 aromatic rings. The third-order valence-corrected chi connectivity index (χ3v) is 4.33. The van der Waals surface area contributed by atoms with Gasteiger partial charge in [-0.05, 0) is 56.2 Å². The fraction of sp³-hybridized carbons (Fsp3) is 0.250. The normalized spacial score (nSPS) is 10.3. The van der Waals surface area contributed by atoms with Gasteiger partial charge in [0.05, 0.1) is 0 Å². The van der Waals surface area contributed by atoms with Crippen LogP contribution in [0.15, 0.2) is 34.9 Å². The number of aryl methyl sites for hydroxylation is 2. The summed E-state index contributed by atoms with van der Waals surface area (Å²) in [6.45, 7) is 6.76. The molecule has 4 nitrogen and oxygen atoms in total. The summed E-state index contributed by atoms with van der Waals surface area (Å²) in [5.74, 6) is 0.561. The number of carbonyl (C=O) groups excluding carboxylic acids is 1. The third-order valence-electron chi connectivity index (χ3n) is 3.07. The maximum Gasteiger partial charge on any atom is 0.255 e. The molecule has 0 atom stereocenters. The van der Waals surface area contributed by atoms with Gasteiger partial charge in [-0.25, -0.2) is 4.98 Å². The van der Waals surface area contributed by atoms with E-state index >= 15 is 0 Å². The molecular weight excluding hydrogens is 330 g/mol. The number of amides is 1. The van der Waals surface area contributed by atoms with E-state index in [2.05, 4.69) is 31.5 Å². The summed E-state index contributed by atoms with van der Waals surface area (Å²) < 4.78 is 1.07. The zero-order valence-electron chi connectivity index (χ0n) is 12.3. The standard InChI is InChI=1S/C16H18BrN3O/c1-4-18-14-9-12(5-6-19-14)16(21)20-13-7-10(2)15(17)11(3)8-13/h5-9H,4H2,1-3H3,(H,18,19)(H,20,21). The van der Waals surface area contributed by atoms with Gasteiger partial charge in [-0.2, -0.15) is 0 Å². The molecule has 0 aliphatic carbocycles. The van der Waals surface area contributed by atoms with Crippen LogP contribution < -0.4 is 10.6 Å². The summed E-state index contributed by atoms with van der Waals surface area (Å²) in [6.07, 6.45) is 1.63. The van der Waals surface area contributed by atoms with Gasteiger partial charge in [0.2, 0.25) is 0 Å². The second-order valence-corrected chi connectivity index (χ2v) is 5.63. The molecule has 1 heterocycles. The molecule has 0 aliphatic heterocycles. The minimum atomic E-state index is -0.141. The Morgan fingerprint density at radius 3 is 2.52 bits per heavy atom. The van der Waals surface area contributed by atoms with Crippen molar-refractivity contribution in [3.8, 4) is 0 Å². The molecule has 1 aromatic carbocycles. The summed E-state index contributed by atoms with van der Waals surface area (Å²) in [5.41, 5.74) is 3.56. The van der Waals surface area contributed by atoms with Crippen LogP contribution >= 0.6 is 15.9 Å². The molecule has 21 heavy (non-hydrogen) atoms. The molecule has 5 heteroatoms. The maximum atomic E-state index is 12.3. The highest BCUT2D eigenvalue weighted by atomic mass is 79.9. The van der Waals surface area contributed by atoms with Gasteiger partial charge in [-0.3, -0.25) is 4.79 Å². The van der Waals surface area contributed by atoms with Crippen molar-refractivity contribution in [3.05, 3.63) is 51.6 Å². The van der Waals surface area contributed by atoms with Gasteiger partial charge in [0, 0.05) is 28.5 Å². The molecule has 1 aromatic heterocycles. The van der Waals surface area contributed by atoms with Gasteiger partial charge in [0.15, 0.2) is 0 Å². The number of anilines is 2. The molecule has 0 fully saturated rings. The first-order valence-electron chi connectivity index (χ1n) is 6.79. The first-order chi connectivity index (χ1) is 10.0. The number of halogens is 1. The zero-order valence-corrected chi connectivity index (χ0v) is 13.9. The van der Waals surface area contributed by atoms with Crippen LogP contribution in [0.25, 0.3) is 0 Å². The molecule has 0 bridgehead atoms. The Morgan fingerprint density at radius 1 is 1.24 bits per heavy atom. The summed E-state index contributed by atoms with van der Waals surface area (Å²) in [6, 6.07) is 7.34. The smallest absolute Gasteiger partial charge is 0.255 e. The lowest BCUT2D eigenvalue weighted by atomic mass is 10.1. The van der Waals surface area contributed by atoms with Crippen LogP contribution in [0.4, 0.5) is 11.5 Å². The molecule has 0 unspecified atom stereocenters. The quantitative estimate of drug-likeness (QED) is 0.873. The van der Waals surface area contributed by atoms with E-state index in [4.69, 9.17) is 0 Å². The second kappa shape index (κ2) is 6.72. The van der Waals surface area contributed by atoms with Crippen molar-refractivity contribution in [1.29, 1.82) is 0 Å². The van der Waals surface area contributed by atoms with Gasteiger partial charge in [0.25, 0.3) is 5.91 Å². The van der Waals surface area contributed by atoms with E-state index in [0.29, 0.717) is 11.4 Å². The number of benzene rings is 1. The Balaban J connectivity index is 2.20. The van der Waals surface area contributed by atoms with E-state index in [1.54, 1.807) is 18.3 Å². The molecule has 0 aliphatic rings. The van der Waals surface area contributed by atoms with Crippen LogP contribution in [0.5, 0.6) is 0 Å². The summed E-state index contributed by atoms with van der Waals surface area (Å²) in [4.78, 5) is 16.5. The summed E-state index contributed by atoms with van der Waals surface area (Å²) >= 11 is 3.52. The third kappa shape index (κ3) is 3.82. The molecule has 2 N–H and O–H groups in total. The first-order valence-corrected chi connectivity index (χ1v) is 7.58. The Morgan fingerprint density at radius 2 is 1.90 bits per heavy atom. The number of rotatable bonds is 4. The van der Waals surface area contributed by atoms with Crippen molar-refractivity contribution in [1.82, 2.24) is 4.98 Å². The monoisotopic (exact) mass is 347 g/mol. The Kier molecular flexibility index (Phi) is 4.96.